The Kier molecular flexibility index (Phi) is 13.0. The van der Waals surface area contributed by atoms with Gasteiger partial charge in [0.05, 0.1) is 18.5 Å². The number of aliphatic hydroxyl groups is 1. The third kappa shape index (κ3) is 10.3. The molecule has 8 nitrogen and oxygen atoms in total. The van der Waals surface area contributed by atoms with Crippen molar-refractivity contribution >= 4 is 41.0 Å². The molecule has 2 saturated heterocycles. The summed E-state index contributed by atoms with van der Waals surface area (Å²) >= 11 is 7.73. The first-order valence-electron chi connectivity index (χ1n) is 16.2. The van der Waals surface area contributed by atoms with Crippen LogP contribution in [0.5, 0.6) is 0 Å². The van der Waals surface area contributed by atoms with Crippen molar-refractivity contribution in [3.63, 3.8) is 0 Å². The molecule has 2 N–H and O–H groups in total. The Morgan fingerprint density at radius 3 is 2.47 bits per heavy atom. The summed E-state index contributed by atoms with van der Waals surface area (Å²) in [7, 11) is 0. The third-order valence-corrected chi connectivity index (χ3v) is 10.4. The monoisotopic (exact) mass is 632 g/mol. The number of carbonyl (C=O) groups excluding carboxylic acids is 2. The fourth-order valence-electron chi connectivity index (χ4n) is 6.58. The Morgan fingerprint density at radius 2 is 1.81 bits per heavy atom. The number of carbonyl (C=O) groups is 2. The van der Waals surface area contributed by atoms with Gasteiger partial charge in [0.25, 0.3) is 0 Å². The smallest absolute Gasteiger partial charge is 0.411 e. The van der Waals surface area contributed by atoms with Crippen molar-refractivity contribution in [3.8, 4) is 0 Å². The third-order valence-electron chi connectivity index (χ3n) is 8.89. The molecule has 3 aliphatic rings. The highest BCUT2D eigenvalue weighted by Crippen LogP contribution is 2.29. The average molecular weight is 633 g/mol. The highest BCUT2D eigenvalue weighted by Gasteiger charge is 2.39. The topological polar surface area (TPSA) is 85.3 Å². The molecular formula is C33H52N4O4S2. The Hall–Kier alpha value is -1.88. The molecule has 0 radical (unpaired) electrons. The van der Waals surface area contributed by atoms with E-state index in [1.165, 1.54) is 37.7 Å². The second-order valence-corrected chi connectivity index (χ2v) is 14.8. The number of benzene rings is 1. The lowest BCUT2D eigenvalue weighted by molar-refractivity contribution is -0.125. The highest BCUT2D eigenvalue weighted by molar-refractivity contribution is 7.99. The van der Waals surface area contributed by atoms with Crippen molar-refractivity contribution in [2.45, 2.75) is 109 Å². The molecule has 0 unspecified atom stereocenters. The maximum atomic E-state index is 13.8. The zero-order valence-corrected chi connectivity index (χ0v) is 28.0. The van der Waals surface area contributed by atoms with Crippen molar-refractivity contribution in [1.82, 2.24) is 20.0 Å². The number of piperidine rings is 1. The summed E-state index contributed by atoms with van der Waals surface area (Å²) in [6, 6.07) is 9.88. The van der Waals surface area contributed by atoms with Gasteiger partial charge in [0.15, 0.2) is 0 Å². The maximum absolute atomic E-state index is 13.8. The molecule has 2 aliphatic heterocycles. The van der Waals surface area contributed by atoms with Crippen molar-refractivity contribution in [3.05, 3.63) is 35.9 Å². The van der Waals surface area contributed by atoms with E-state index in [9.17, 15) is 14.7 Å². The van der Waals surface area contributed by atoms with Crippen LogP contribution in [0.4, 0.5) is 4.79 Å². The SMILES string of the molecule is CC(C)(C)OC(=O)N1CSC[C@H]1C(=O)N[C@H](CCC1CCCCC1)C(=S)N(CCO)C1CCN(Cc2ccccc2)CC1. The van der Waals surface area contributed by atoms with Crippen LogP contribution in [0.25, 0.3) is 0 Å². The number of hydrogen-bond donors (Lipinski definition) is 2. The summed E-state index contributed by atoms with van der Waals surface area (Å²) in [6.07, 6.45) is 9.58. The summed E-state index contributed by atoms with van der Waals surface area (Å²) in [5.74, 6) is 1.45. The van der Waals surface area contributed by atoms with E-state index < -0.39 is 17.7 Å². The van der Waals surface area contributed by atoms with Gasteiger partial charge in [-0.2, -0.15) is 0 Å². The molecule has 4 rings (SSSR count). The van der Waals surface area contributed by atoms with E-state index in [4.69, 9.17) is 17.0 Å². The highest BCUT2D eigenvalue weighted by atomic mass is 32.2. The molecule has 3 fully saturated rings. The molecule has 2 amide bonds. The molecule has 2 heterocycles. The lowest BCUT2D eigenvalue weighted by Gasteiger charge is -2.42. The first kappa shape index (κ1) is 34.0. The maximum Gasteiger partial charge on any atom is 0.411 e. The number of hydrogen-bond acceptors (Lipinski definition) is 7. The number of ether oxygens (including phenoxy) is 1. The summed E-state index contributed by atoms with van der Waals surface area (Å²) in [5.41, 5.74) is 0.691. The molecule has 43 heavy (non-hydrogen) atoms. The number of aliphatic hydroxyl groups excluding tert-OH is 1. The molecule has 1 aliphatic carbocycles. The number of nitrogens with zero attached hydrogens (tertiary/aromatic N) is 3. The fraction of sp³-hybridized carbons (Fsp3) is 0.727. The van der Waals surface area contributed by atoms with E-state index in [2.05, 4.69) is 39.4 Å². The minimum absolute atomic E-state index is 0.0132. The molecule has 1 saturated carbocycles. The van der Waals surface area contributed by atoms with Gasteiger partial charge in [0.1, 0.15) is 16.6 Å². The van der Waals surface area contributed by atoms with Gasteiger partial charge >= 0.3 is 6.09 Å². The number of thioether (sulfide) groups is 1. The predicted octanol–water partition coefficient (Wildman–Crippen LogP) is 5.43. The van der Waals surface area contributed by atoms with Gasteiger partial charge in [0.2, 0.25) is 5.91 Å². The first-order chi connectivity index (χ1) is 20.6. The standard InChI is InChI=1S/C33H52N4O4S2/c1-33(2,3)41-32(40)37-24-43-23-29(37)30(39)34-28(15-14-25-10-6-4-7-11-25)31(42)36(20-21-38)27-16-18-35(19-17-27)22-26-12-8-5-9-13-26/h5,8-9,12-13,25,27-29,38H,4,6-7,10-11,14-24H2,1-3H3,(H,34,39)/t28-,29+/m1/s1. The summed E-state index contributed by atoms with van der Waals surface area (Å²) in [4.78, 5) is 33.6. The molecular weight excluding hydrogens is 581 g/mol. The van der Waals surface area contributed by atoms with Crippen LogP contribution in [-0.4, -0.2) is 98.4 Å². The van der Waals surface area contributed by atoms with Gasteiger partial charge in [-0.05, 0) is 57.9 Å². The second-order valence-electron chi connectivity index (χ2n) is 13.4. The Labute approximate surface area is 268 Å². The second kappa shape index (κ2) is 16.4. The van der Waals surface area contributed by atoms with Crippen LogP contribution in [0.3, 0.4) is 0 Å². The Balaban J connectivity index is 1.43. The summed E-state index contributed by atoms with van der Waals surface area (Å²) in [5, 5.41) is 13.4. The van der Waals surface area contributed by atoms with Crippen LogP contribution in [0.1, 0.15) is 84.1 Å². The van der Waals surface area contributed by atoms with Crippen LogP contribution >= 0.6 is 24.0 Å². The van der Waals surface area contributed by atoms with Gasteiger partial charge in [0, 0.05) is 38.0 Å². The van der Waals surface area contributed by atoms with Gasteiger partial charge in [-0.15, -0.1) is 11.8 Å². The average Bonchev–Trinajstić information content (AvgIpc) is 3.49. The minimum atomic E-state index is -0.628. The van der Waals surface area contributed by atoms with Gasteiger partial charge in [-0.25, -0.2) is 4.79 Å². The number of likely N-dealkylation sites (tertiary alicyclic amines) is 1. The van der Waals surface area contributed by atoms with Gasteiger partial charge < -0.3 is 20.1 Å². The van der Waals surface area contributed by atoms with Gasteiger partial charge in [-0.1, -0.05) is 74.7 Å². The zero-order chi connectivity index (χ0) is 30.8. The number of nitrogens with one attached hydrogen (secondary N) is 1. The van der Waals surface area contributed by atoms with Crippen LogP contribution in [0.2, 0.25) is 0 Å². The zero-order valence-electron chi connectivity index (χ0n) is 26.3. The number of amides is 2. The first-order valence-corrected chi connectivity index (χ1v) is 17.8. The molecule has 1 aromatic rings. The summed E-state index contributed by atoms with van der Waals surface area (Å²) in [6.45, 7) is 8.85. The van der Waals surface area contributed by atoms with Crippen LogP contribution in [0, 0.1) is 5.92 Å². The predicted molar refractivity (Wildman–Crippen MR) is 178 cm³/mol. The van der Waals surface area contributed by atoms with Crippen molar-refractivity contribution in [2.24, 2.45) is 5.92 Å². The largest absolute Gasteiger partial charge is 0.444 e. The van der Waals surface area contributed by atoms with E-state index in [0.717, 1.165) is 45.3 Å². The van der Waals surface area contributed by atoms with Crippen molar-refractivity contribution in [2.75, 3.05) is 37.9 Å². The van der Waals surface area contributed by atoms with Crippen LogP contribution in [-0.2, 0) is 16.1 Å². The fourth-order valence-corrected chi connectivity index (χ4v) is 8.13. The molecule has 10 heteroatoms. The lowest BCUT2D eigenvalue weighted by Crippen LogP contribution is -2.57. The number of rotatable bonds is 11. The van der Waals surface area contributed by atoms with E-state index in [-0.39, 0.29) is 24.6 Å². The van der Waals surface area contributed by atoms with E-state index in [1.807, 2.05) is 26.8 Å². The molecule has 240 valence electrons. The van der Waals surface area contributed by atoms with E-state index in [1.54, 1.807) is 16.7 Å². The normalized spacial score (nSPS) is 21.4. The van der Waals surface area contributed by atoms with Crippen molar-refractivity contribution < 1.29 is 19.4 Å². The molecule has 0 aromatic heterocycles. The Morgan fingerprint density at radius 1 is 1.12 bits per heavy atom. The molecule has 0 bridgehead atoms. The van der Waals surface area contributed by atoms with Crippen LogP contribution < -0.4 is 5.32 Å². The Bertz CT molecular complexity index is 1040. The number of thiocarbonyl (C=S) groups is 1. The minimum Gasteiger partial charge on any atom is -0.444 e. The molecule has 2 atom stereocenters. The quantitative estimate of drug-likeness (QED) is 0.313. The molecule has 0 spiro atoms. The van der Waals surface area contributed by atoms with Crippen LogP contribution in [0.15, 0.2) is 30.3 Å². The van der Waals surface area contributed by atoms with E-state index >= 15 is 0 Å². The lowest BCUT2D eigenvalue weighted by atomic mass is 9.85. The van der Waals surface area contributed by atoms with E-state index in [0.29, 0.717) is 29.1 Å². The summed E-state index contributed by atoms with van der Waals surface area (Å²) < 4.78 is 5.60. The molecule has 1 aromatic carbocycles. The van der Waals surface area contributed by atoms with Crippen molar-refractivity contribution in [1.29, 1.82) is 0 Å². The van der Waals surface area contributed by atoms with Gasteiger partial charge in [-0.3, -0.25) is 14.6 Å².